The van der Waals surface area contributed by atoms with Gasteiger partial charge in [-0.3, -0.25) is 0 Å². The van der Waals surface area contributed by atoms with Crippen molar-refractivity contribution < 1.29 is 23.8 Å². The van der Waals surface area contributed by atoms with Crippen LogP contribution < -0.4 is 4.74 Å². The van der Waals surface area contributed by atoms with Crippen molar-refractivity contribution in [2.75, 3.05) is 20.3 Å². The lowest BCUT2D eigenvalue weighted by atomic mass is 10.2. The molecular weight excluding hydrogens is 260 g/mol. The summed E-state index contributed by atoms with van der Waals surface area (Å²) in [5.74, 6) is -0.137. The molecule has 0 aromatic heterocycles. The van der Waals surface area contributed by atoms with E-state index in [1.165, 1.54) is 0 Å². The normalized spacial score (nSPS) is 9.65. The smallest absolute Gasteiger partial charge is 0.338 e. The van der Waals surface area contributed by atoms with Crippen LogP contribution in [0.4, 0.5) is 0 Å². The summed E-state index contributed by atoms with van der Waals surface area (Å²) in [7, 11) is 1.56. The quantitative estimate of drug-likeness (QED) is 0.415. The predicted molar refractivity (Wildman–Crippen MR) is 73.7 cm³/mol. The van der Waals surface area contributed by atoms with Gasteiger partial charge in [-0.15, -0.1) is 0 Å². The zero-order chi connectivity index (χ0) is 14.8. The van der Waals surface area contributed by atoms with Gasteiger partial charge in [0.25, 0.3) is 0 Å². The number of methoxy groups -OCH3 is 1. The van der Waals surface area contributed by atoms with E-state index >= 15 is 0 Å². The molecule has 5 nitrogen and oxygen atoms in total. The molecule has 0 aliphatic rings. The maximum Gasteiger partial charge on any atom is 0.338 e. The van der Waals surface area contributed by atoms with Gasteiger partial charge in [-0.25, -0.2) is 9.59 Å². The molecule has 0 atom stereocenters. The minimum Gasteiger partial charge on any atom is -0.497 e. The van der Waals surface area contributed by atoms with Gasteiger partial charge in [0.1, 0.15) is 5.75 Å². The Morgan fingerprint density at radius 2 is 1.70 bits per heavy atom. The summed E-state index contributed by atoms with van der Waals surface area (Å²) in [5.41, 5.74) is 0.476. The summed E-state index contributed by atoms with van der Waals surface area (Å²) >= 11 is 0. The van der Waals surface area contributed by atoms with Crippen molar-refractivity contribution in [1.82, 2.24) is 0 Å². The first kappa shape index (κ1) is 15.8. The fourth-order valence-electron chi connectivity index (χ4n) is 1.41. The Balaban J connectivity index is 2.19. The van der Waals surface area contributed by atoms with E-state index in [1.807, 2.05) is 0 Å². The zero-order valence-electron chi connectivity index (χ0n) is 11.5. The number of unbranched alkanes of at least 4 members (excludes halogenated alkanes) is 1. The lowest BCUT2D eigenvalue weighted by Crippen LogP contribution is -2.08. The first-order valence-electron chi connectivity index (χ1n) is 6.27. The highest BCUT2D eigenvalue weighted by molar-refractivity contribution is 5.89. The van der Waals surface area contributed by atoms with E-state index in [2.05, 4.69) is 6.58 Å². The van der Waals surface area contributed by atoms with Crippen LogP contribution in [0.3, 0.4) is 0 Å². The Bertz CT molecular complexity index is 450. The Morgan fingerprint density at radius 3 is 2.25 bits per heavy atom. The maximum absolute atomic E-state index is 11.7. The highest BCUT2D eigenvalue weighted by Crippen LogP contribution is 2.12. The molecule has 5 heteroatoms. The molecule has 0 bridgehead atoms. The van der Waals surface area contributed by atoms with E-state index in [0.29, 0.717) is 30.8 Å². The Hall–Kier alpha value is -2.30. The van der Waals surface area contributed by atoms with Gasteiger partial charge in [0.15, 0.2) is 0 Å². The lowest BCUT2D eigenvalue weighted by molar-refractivity contribution is -0.137. The molecule has 0 N–H and O–H groups in total. The lowest BCUT2D eigenvalue weighted by Gasteiger charge is -2.06. The Labute approximate surface area is 118 Å². The zero-order valence-corrected chi connectivity index (χ0v) is 11.5. The molecule has 1 rings (SSSR count). The third-order valence-electron chi connectivity index (χ3n) is 2.51. The summed E-state index contributed by atoms with van der Waals surface area (Å²) in [5, 5.41) is 0. The maximum atomic E-state index is 11.7. The van der Waals surface area contributed by atoms with Crippen LogP contribution in [0.15, 0.2) is 36.9 Å². The predicted octanol–water partition coefficient (Wildman–Crippen LogP) is 2.36. The summed E-state index contributed by atoms with van der Waals surface area (Å²) in [6.45, 7) is 3.88. The number of hydrogen-bond donors (Lipinski definition) is 0. The second-order valence-electron chi connectivity index (χ2n) is 3.94. The van der Waals surface area contributed by atoms with Gasteiger partial charge in [-0.2, -0.15) is 0 Å². The third kappa shape index (κ3) is 5.56. The molecule has 0 unspecified atom stereocenters. The highest BCUT2D eigenvalue weighted by Gasteiger charge is 2.06. The van der Waals surface area contributed by atoms with Crippen LogP contribution in [0.25, 0.3) is 0 Å². The summed E-state index contributed by atoms with van der Waals surface area (Å²) in [4.78, 5) is 22.4. The van der Waals surface area contributed by atoms with Crippen molar-refractivity contribution in [3.05, 3.63) is 42.5 Å². The second kappa shape index (κ2) is 8.74. The van der Waals surface area contributed by atoms with E-state index in [4.69, 9.17) is 14.2 Å². The summed E-state index contributed by atoms with van der Waals surface area (Å²) in [6.07, 6.45) is 2.38. The largest absolute Gasteiger partial charge is 0.497 e. The van der Waals surface area contributed by atoms with Gasteiger partial charge in [-0.05, 0) is 37.1 Å². The topological polar surface area (TPSA) is 61.8 Å². The van der Waals surface area contributed by atoms with Gasteiger partial charge < -0.3 is 14.2 Å². The van der Waals surface area contributed by atoms with Gasteiger partial charge in [-0.1, -0.05) is 6.58 Å². The molecule has 0 aliphatic heterocycles. The van der Waals surface area contributed by atoms with E-state index in [9.17, 15) is 9.59 Å². The van der Waals surface area contributed by atoms with Crippen LogP contribution >= 0.6 is 0 Å². The molecule has 0 fully saturated rings. The summed E-state index contributed by atoms with van der Waals surface area (Å²) < 4.78 is 14.9. The monoisotopic (exact) mass is 278 g/mol. The number of carbonyl (C=O) groups is 2. The van der Waals surface area contributed by atoms with Crippen molar-refractivity contribution in [2.45, 2.75) is 12.8 Å². The van der Waals surface area contributed by atoms with Gasteiger partial charge in [0.05, 0.1) is 25.9 Å². The van der Waals surface area contributed by atoms with Crippen LogP contribution in [0, 0.1) is 0 Å². The summed E-state index contributed by atoms with van der Waals surface area (Å²) in [6, 6.07) is 6.69. The molecular formula is C15H18O5. The number of carbonyl (C=O) groups excluding carboxylic acids is 2. The second-order valence-corrected chi connectivity index (χ2v) is 3.94. The van der Waals surface area contributed by atoms with Crippen LogP contribution in [0.5, 0.6) is 5.75 Å². The molecule has 0 saturated carbocycles. The molecule has 0 spiro atoms. The standard InChI is InChI=1S/C15H18O5/c1-3-14(16)19-10-4-5-11-20-15(17)12-6-8-13(18-2)9-7-12/h3,6-9H,1,4-5,10-11H2,2H3. The van der Waals surface area contributed by atoms with Crippen molar-refractivity contribution in [3.8, 4) is 5.75 Å². The molecule has 1 aromatic rings. The average Bonchev–Trinajstić information content (AvgIpc) is 2.50. The molecule has 0 saturated heterocycles. The molecule has 1 aromatic carbocycles. The van der Waals surface area contributed by atoms with E-state index < -0.39 is 5.97 Å². The number of ether oxygens (including phenoxy) is 3. The minimum absolute atomic E-state index is 0.288. The first-order valence-corrected chi connectivity index (χ1v) is 6.27. The van der Waals surface area contributed by atoms with Crippen molar-refractivity contribution in [3.63, 3.8) is 0 Å². The molecule has 0 heterocycles. The van der Waals surface area contributed by atoms with Crippen LogP contribution in [0.1, 0.15) is 23.2 Å². The third-order valence-corrected chi connectivity index (χ3v) is 2.51. The van der Waals surface area contributed by atoms with Gasteiger partial charge >= 0.3 is 11.9 Å². The van der Waals surface area contributed by atoms with Gasteiger partial charge in [0.2, 0.25) is 0 Å². The fourth-order valence-corrected chi connectivity index (χ4v) is 1.41. The van der Waals surface area contributed by atoms with Crippen LogP contribution in [-0.2, 0) is 14.3 Å². The van der Waals surface area contributed by atoms with Crippen LogP contribution in [-0.4, -0.2) is 32.3 Å². The molecule has 0 amide bonds. The highest BCUT2D eigenvalue weighted by atomic mass is 16.5. The minimum atomic E-state index is -0.444. The SMILES string of the molecule is C=CC(=O)OCCCCOC(=O)c1ccc(OC)cc1. The van der Waals surface area contributed by atoms with E-state index in [1.54, 1.807) is 31.4 Å². The molecule has 20 heavy (non-hydrogen) atoms. The molecule has 0 aliphatic carbocycles. The molecule has 0 radical (unpaired) electrons. The Kier molecular flexibility index (Phi) is 6.89. The first-order chi connectivity index (χ1) is 9.67. The number of rotatable bonds is 8. The van der Waals surface area contributed by atoms with Gasteiger partial charge in [0, 0.05) is 6.08 Å². The van der Waals surface area contributed by atoms with Crippen molar-refractivity contribution in [1.29, 1.82) is 0 Å². The number of benzene rings is 1. The van der Waals surface area contributed by atoms with E-state index in [-0.39, 0.29) is 12.6 Å². The molecule has 108 valence electrons. The van der Waals surface area contributed by atoms with Crippen molar-refractivity contribution >= 4 is 11.9 Å². The van der Waals surface area contributed by atoms with Crippen molar-refractivity contribution in [2.24, 2.45) is 0 Å². The number of hydrogen-bond acceptors (Lipinski definition) is 5. The average molecular weight is 278 g/mol. The fraction of sp³-hybridized carbons (Fsp3) is 0.333. The van der Waals surface area contributed by atoms with Crippen LogP contribution in [0.2, 0.25) is 0 Å². The Morgan fingerprint density at radius 1 is 1.10 bits per heavy atom. The number of esters is 2. The van der Waals surface area contributed by atoms with E-state index in [0.717, 1.165) is 6.08 Å².